The first-order valence-corrected chi connectivity index (χ1v) is 9.43. The minimum Gasteiger partial charge on any atom is -0.342 e. The summed E-state index contributed by atoms with van der Waals surface area (Å²) in [5.41, 5.74) is 0.405. The van der Waals surface area contributed by atoms with Gasteiger partial charge >= 0.3 is 0 Å². The van der Waals surface area contributed by atoms with E-state index in [9.17, 15) is 4.79 Å². The summed E-state index contributed by atoms with van der Waals surface area (Å²) in [6.45, 7) is 9.86. The third kappa shape index (κ3) is 2.61. The fraction of sp³-hybridized carbons (Fsp3) is 0.944. The van der Waals surface area contributed by atoms with E-state index < -0.39 is 0 Å². The zero-order chi connectivity index (χ0) is 15.2. The van der Waals surface area contributed by atoms with Crippen LogP contribution in [0, 0.1) is 16.7 Å². The van der Waals surface area contributed by atoms with E-state index in [-0.39, 0.29) is 17.8 Å². The molecule has 1 amide bonds. The van der Waals surface area contributed by atoms with Gasteiger partial charge in [-0.25, -0.2) is 0 Å². The van der Waals surface area contributed by atoms with Crippen molar-refractivity contribution >= 4 is 18.3 Å². The third-order valence-corrected chi connectivity index (χ3v) is 7.29. The number of nitrogens with zero attached hydrogens (tertiary/aromatic N) is 2. The average molecular weight is 342 g/mol. The van der Waals surface area contributed by atoms with E-state index in [4.69, 9.17) is 0 Å². The topological polar surface area (TPSA) is 35.6 Å². The second kappa shape index (κ2) is 6.53. The predicted molar refractivity (Wildman–Crippen MR) is 94.9 cm³/mol. The number of rotatable bonds is 2. The van der Waals surface area contributed by atoms with Gasteiger partial charge in [-0.15, -0.1) is 12.4 Å². The molecular weight excluding hydrogens is 310 g/mol. The number of carbonyl (C=O) groups excluding carboxylic acids is 1. The minimum absolute atomic E-state index is 0. The molecule has 0 aromatic carbocycles. The number of nitrogens with one attached hydrogen (secondary N) is 1. The van der Waals surface area contributed by atoms with Crippen LogP contribution in [0.3, 0.4) is 0 Å². The van der Waals surface area contributed by atoms with Gasteiger partial charge in [0.05, 0.1) is 5.41 Å². The largest absolute Gasteiger partial charge is 0.342 e. The van der Waals surface area contributed by atoms with Crippen LogP contribution in [-0.2, 0) is 4.79 Å². The number of hydrogen-bond donors (Lipinski definition) is 1. The SMILES string of the molecule is CCN1C[C@H]2C3(CCNCC3)CC[C@@]2(C(=O)N2CCCC2)C1.Cl. The Morgan fingerprint density at radius 1 is 1.13 bits per heavy atom. The van der Waals surface area contributed by atoms with Crippen molar-refractivity contribution < 1.29 is 4.79 Å². The smallest absolute Gasteiger partial charge is 0.230 e. The van der Waals surface area contributed by atoms with Gasteiger partial charge < -0.3 is 15.1 Å². The fourth-order valence-electron chi connectivity index (χ4n) is 6.01. The Labute approximate surface area is 146 Å². The molecule has 23 heavy (non-hydrogen) atoms. The normalized spacial score (nSPS) is 36.2. The number of amides is 1. The lowest BCUT2D eigenvalue weighted by molar-refractivity contribution is -0.142. The second-order valence-corrected chi connectivity index (χ2v) is 8.15. The number of fused-ring (bicyclic) bond motifs is 2. The molecule has 3 heterocycles. The highest BCUT2D eigenvalue weighted by molar-refractivity contribution is 5.85. The van der Waals surface area contributed by atoms with E-state index in [0.29, 0.717) is 17.2 Å². The number of likely N-dealkylation sites (tertiary alicyclic amines) is 2. The Kier molecular flexibility index (Phi) is 4.97. The molecule has 3 aliphatic heterocycles. The summed E-state index contributed by atoms with van der Waals surface area (Å²) in [6, 6.07) is 0. The first-order chi connectivity index (χ1) is 10.7. The van der Waals surface area contributed by atoms with Crippen LogP contribution < -0.4 is 5.32 Å². The van der Waals surface area contributed by atoms with Crippen LogP contribution in [0.5, 0.6) is 0 Å². The Balaban J connectivity index is 0.00000156. The molecule has 5 heteroatoms. The van der Waals surface area contributed by atoms with Gasteiger partial charge in [-0.05, 0) is 69.5 Å². The summed E-state index contributed by atoms with van der Waals surface area (Å²) >= 11 is 0. The van der Waals surface area contributed by atoms with Crippen LogP contribution in [-0.4, -0.2) is 61.5 Å². The maximum Gasteiger partial charge on any atom is 0.230 e. The Hall–Kier alpha value is -0.320. The van der Waals surface area contributed by atoms with Crippen molar-refractivity contribution in [2.45, 2.75) is 45.4 Å². The molecule has 1 saturated carbocycles. The summed E-state index contributed by atoms with van der Waals surface area (Å²) < 4.78 is 0. The van der Waals surface area contributed by atoms with Gasteiger partial charge in [-0.2, -0.15) is 0 Å². The Bertz CT molecular complexity index is 446. The molecule has 4 nitrogen and oxygen atoms in total. The lowest BCUT2D eigenvalue weighted by atomic mass is 9.66. The number of hydrogen-bond acceptors (Lipinski definition) is 3. The second-order valence-electron chi connectivity index (χ2n) is 8.15. The van der Waals surface area contributed by atoms with Crippen molar-refractivity contribution in [1.29, 1.82) is 0 Å². The maximum atomic E-state index is 13.4. The van der Waals surface area contributed by atoms with Crippen LogP contribution in [0.25, 0.3) is 0 Å². The van der Waals surface area contributed by atoms with Gasteiger partial charge in [0, 0.05) is 26.2 Å². The summed E-state index contributed by atoms with van der Waals surface area (Å²) in [5, 5.41) is 3.53. The average Bonchev–Trinajstić information content (AvgIpc) is 3.25. The van der Waals surface area contributed by atoms with Gasteiger partial charge in [0.15, 0.2) is 0 Å². The van der Waals surface area contributed by atoms with E-state index in [0.717, 1.165) is 52.2 Å². The molecular formula is C18H32ClN3O. The van der Waals surface area contributed by atoms with Crippen molar-refractivity contribution in [3.8, 4) is 0 Å². The van der Waals surface area contributed by atoms with Gasteiger partial charge in [0.2, 0.25) is 5.91 Å². The molecule has 1 N–H and O–H groups in total. The summed E-state index contributed by atoms with van der Waals surface area (Å²) in [7, 11) is 0. The molecule has 0 bridgehead atoms. The Morgan fingerprint density at radius 2 is 1.83 bits per heavy atom. The zero-order valence-corrected chi connectivity index (χ0v) is 15.3. The standard InChI is InChI=1S/C18H31N3O.ClH/c1-2-20-13-15-17(7-9-19-10-8-17)5-6-18(15,14-20)16(22)21-11-3-4-12-21;/h15,19H,2-14H2,1H3;1H/t15-,18+;/m0./s1. The fourth-order valence-corrected chi connectivity index (χ4v) is 6.01. The highest BCUT2D eigenvalue weighted by Gasteiger charge is 2.64. The number of halogens is 1. The number of carbonyl (C=O) groups is 1. The molecule has 0 unspecified atom stereocenters. The van der Waals surface area contributed by atoms with E-state index in [1.165, 1.54) is 32.1 Å². The van der Waals surface area contributed by atoms with Gasteiger partial charge in [-0.1, -0.05) is 6.92 Å². The first kappa shape index (κ1) is 17.5. The van der Waals surface area contributed by atoms with Crippen molar-refractivity contribution in [2.75, 3.05) is 45.8 Å². The van der Waals surface area contributed by atoms with Gasteiger partial charge in [0.25, 0.3) is 0 Å². The van der Waals surface area contributed by atoms with Crippen LogP contribution in [0.2, 0.25) is 0 Å². The summed E-state index contributed by atoms with van der Waals surface area (Å²) in [5.74, 6) is 1.12. The lowest BCUT2D eigenvalue weighted by Gasteiger charge is -2.42. The van der Waals surface area contributed by atoms with Crippen molar-refractivity contribution in [1.82, 2.24) is 15.1 Å². The first-order valence-electron chi connectivity index (χ1n) is 9.43. The highest BCUT2D eigenvalue weighted by Crippen LogP contribution is 2.62. The maximum absolute atomic E-state index is 13.4. The molecule has 4 rings (SSSR count). The molecule has 1 spiro atoms. The minimum atomic E-state index is -0.0440. The zero-order valence-electron chi connectivity index (χ0n) is 14.5. The predicted octanol–water partition coefficient (Wildman–Crippen LogP) is 2.13. The Morgan fingerprint density at radius 3 is 2.48 bits per heavy atom. The monoisotopic (exact) mass is 341 g/mol. The molecule has 2 atom stereocenters. The quantitative estimate of drug-likeness (QED) is 0.835. The molecule has 3 saturated heterocycles. The molecule has 4 aliphatic rings. The third-order valence-electron chi connectivity index (χ3n) is 7.29. The molecule has 4 fully saturated rings. The molecule has 0 radical (unpaired) electrons. The molecule has 1 aliphatic carbocycles. The van der Waals surface area contributed by atoms with E-state index >= 15 is 0 Å². The van der Waals surface area contributed by atoms with Crippen LogP contribution in [0.4, 0.5) is 0 Å². The lowest BCUT2D eigenvalue weighted by Crippen LogP contribution is -2.49. The van der Waals surface area contributed by atoms with E-state index in [1.807, 2.05) is 0 Å². The highest BCUT2D eigenvalue weighted by atomic mass is 35.5. The number of piperidine rings is 1. The summed E-state index contributed by atoms with van der Waals surface area (Å²) in [6.07, 6.45) is 7.41. The van der Waals surface area contributed by atoms with Crippen LogP contribution >= 0.6 is 12.4 Å². The molecule has 132 valence electrons. The van der Waals surface area contributed by atoms with Crippen LogP contribution in [0.1, 0.15) is 45.4 Å². The van der Waals surface area contributed by atoms with E-state index in [2.05, 4.69) is 22.0 Å². The van der Waals surface area contributed by atoms with Crippen molar-refractivity contribution in [2.24, 2.45) is 16.7 Å². The molecule has 0 aromatic heterocycles. The van der Waals surface area contributed by atoms with E-state index in [1.54, 1.807) is 0 Å². The summed E-state index contributed by atoms with van der Waals surface area (Å²) in [4.78, 5) is 18.2. The van der Waals surface area contributed by atoms with Crippen molar-refractivity contribution in [3.63, 3.8) is 0 Å². The van der Waals surface area contributed by atoms with Crippen molar-refractivity contribution in [3.05, 3.63) is 0 Å². The van der Waals surface area contributed by atoms with Gasteiger partial charge in [-0.3, -0.25) is 4.79 Å². The van der Waals surface area contributed by atoms with Gasteiger partial charge in [0.1, 0.15) is 0 Å². The molecule has 0 aromatic rings. The van der Waals surface area contributed by atoms with Crippen LogP contribution in [0.15, 0.2) is 0 Å².